The maximum Gasteiger partial charge on any atom is 0.337 e. The van der Waals surface area contributed by atoms with Crippen LogP contribution in [0.2, 0.25) is 5.02 Å². The molecule has 136 valence electrons. The Bertz CT molecular complexity index is 800. The van der Waals surface area contributed by atoms with E-state index in [0.717, 1.165) is 19.4 Å². The molecule has 1 amide bonds. The molecule has 1 atom stereocenters. The third-order valence-electron chi connectivity index (χ3n) is 4.27. The predicted octanol–water partition coefficient (Wildman–Crippen LogP) is 2.77. The number of piperidine rings is 1. The zero-order chi connectivity index (χ0) is 18.5. The van der Waals surface area contributed by atoms with Crippen LogP contribution in [0.1, 0.15) is 23.2 Å². The van der Waals surface area contributed by atoms with Gasteiger partial charge in [-0.15, -0.1) is 0 Å². The van der Waals surface area contributed by atoms with Gasteiger partial charge in [0, 0.05) is 25.5 Å². The third-order valence-corrected chi connectivity index (χ3v) is 4.60. The minimum Gasteiger partial charge on any atom is -0.465 e. The van der Waals surface area contributed by atoms with Gasteiger partial charge in [-0.1, -0.05) is 11.6 Å². The van der Waals surface area contributed by atoms with E-state index in [1.807, 2.05) is 4.90 Å². The number of halogens is 1. The molecule has 8 heteroatoms. The zero-order valence-electron chi connectivity index (χ0n) is 14.3. The van der Waals surface area contributed by atoms with Crippen molar-refractivity contribution in [2.75, 3.05) is 30.4 Å². The van der Waals surface area contributed by atoms with Crippen molar-refractivity contribution in [1.29, 1.82) is 0 Å². The van der Waals surface area contributed by atoms with Crippen molar-refractivity contribution in [2.45, 2.75) is 12.8 Å². The highest BCUT2D eigenvalue weighted by molar-refractivity contribution is 6.33. The molecule has 2 aromatic rings. The van der Waals surface area contributed by atoms with Crippen LogP contribution in [0.15, 0.2) is 36.7 Å². The van der Waals surface area contributed by atoms with Crippen LogP contribution in [0.4, 0.5) is 11.6 Å². The Morgan fingerprint density at radius 3 is 2.81 bits per heavy atom. The number of methoxy groups -OCH3 is 1. The first-order valence-corrected chi connectivity index (χ1v) is 8.67. The maximum absolute atomic E-state index is 12.7. The van der Waals surface area contributed by atoms with Gasteiger partial charge in [0.25, 0.3) is 0 Å². The van der Waals surface area contributed by atoms with Crippen molar-refractivity contribution in [3.8, 4) is 0 Å². The Morgan fingerprint density at radius 2 is 2.08 bits per heavy atom. The van der Waals surface area contributed by atoms with Crippen molar-refractivity contribution in [3.63, 3.8) is 0 Å². The minimum absolute atomic E-state index is 0.144. The summed E-state index contributed by atoms with van der Waals surface area (Å²) >= 11 is 6.15. The van der Waals surface area contributed by atoms with Crippen LogP contribution in [0.25, 0.3) is 0 Å². The first kappa shape index (κ1) is 18.1. The molecule has 0 bridgehead atoms. The van der Waals surface area contributed by atoms with E-state index in [4.69, 9.17) is 16.3 Å². The van der Waals surface area contributed by atoms with E-state index in [1.165, 1.54) is 13.2 Å². The van der Waals surface area contributed by atoms with Gasteiger partial charge >= 0.3 is 5.97 Å². The summed E-state index contributed by atoms with van der Waals surface area (Å²) in [6.07, 6.45) is 5.00. The summed E-state index contributed by atoms with van der Waals surface area (Å²) in [5.74, 6) is -0.224. The number of esters is 1. The zero-order valence-corrected chi connectivity index (χ0v) is 15.1. The number of benzene rings is 1. The lowest BCUT2D eigenvalue weighted by Gasteiger charge is -2.32. The number of hydrogen-bond donors (Lipinski definition) is 1. The average molecular weight is 375 g/mol. The van der Waals surface area contributed by atoms with Gasteiger partial charge < -0.3 is 15.0 Å². The van der Waals surface area contributed by atoms with Gasteiger partial charge in [-0.05, 0) is 37.1 Å². The van der Waals surface area contributed by atoms with Crippen molar-refractivity contribution >= 4 is 35.1 Å². The maximum atomic E-state index is 12.7. The number of carbonyl (C=O) groups excluding carboxylic acids is 2. The van der Waals surface area contributed by atoms with Crippen LogP contribution < -0.4 is 10.2 Å². The van der Waals surface area contributed by atoms with E-state index in [2.05, 4.69) is 15.3 Å². The van der Waals surface area contributed by atoms with Crippen LogP contribution in [0, 0.1) is 5.92 Å². The van der Waals surface area contributed by atoms with Gasteiger partial charge in [-0.25, -0.2) is 14.8 Å². The molecule has 0 aliphatic carbocycles. The molecule has 0 spiro atoms. The fraction of sp³-hybridized carbons (Fsp3) is 0.333. The summed E-state index contributed by atoms with van der Waals surface area (Å²) in [4.78, 5) is 34.9. The Hall–Kier alpha value is -2.67. The summed E-state index contributed by atoms with van der Waals surface area (Å²) in [5.41, 5.74) is 0.725. The van der Waals surface area contributed by atoms with Crippen LogP contribution >= 0.6 is 11.6 Å². The Balaban J connectivity index is 1.71. The van der Waals surface area contributed by atoms with Crippen molar-refractivity contribution in [3.05, 3.63) is 47.2 Å². The van der Waals surface area contributed by atoms with Crippen molar-refractivity contribution < 1.29 is 14.3 Å². The molecule has 26 heavy (non-hydrogen) atoms. The summed E-state index contributed by atoms with van der Waals surface area (Å²) in [6, 6.07) is 6.40. The fourth-order valence-electron chi connectivity index (χ4n) is 2.93. The van der Waals surface area contributed by atoms with Gasteiger partial charge in [0.2, 0.25) is 11.9 Å². The second kappa shape index (κ2) is 8.14. The number of rotatable bonds is 4. The van der Waals surface area contributed by atoms with Crippen LogP contribution in [-0.4, -0.2) is 42.0 Å². The second-order valence-corrected chi connectivity index (χ2v) is 6.42. The standard InChI is InChI=1S/C18H19ClN4O3/c1-26-17(25)12-5-6-14(19)15(10-12)22-16(24)13-4-2-9-23(11-13)18-20-7-3-8-21-18/h3,5-8,10,13H,2,4,9,11H2,1H3,(H,22,24). The van der Waals surface area contributed by atoms with E-state index in [1.54, 1.807) is 30.6 Å². The largest absolute Gasteiger partial charge is 0.465 e. The van der Waals surface area contributed by atoms with Gasteiger partial charge in [0.15, 0.2) is 0 Å². The smallest absolute Gasteiger partial charge is 0.337 e. The predicted molar refractivity (Wildman–Crippen MR) is 98.4 cm³/mol. The Morgan fingerprint density at radius 1 is 1.31 bits per heavy atom. The topological polar surface area (TPSA) is 84.4 Å². The summed E-state index contributed by atoms with van der Waals surface area (Å²) in [7, 11) is 1.30. The monoisotopic (exact) mass is 374 g/mol. The molecule has 1 aliphatic rings. The molecule has 1 aromatic carbocycles. The highest BCUT2D eigenvalue weighted by Crippen LogP contribution is 2.26. The van der Waals surface area contributed by atoms with Crippen LogP contribution in [-0.2, 0) is 9.53 Å². The number of amides is 1. The molecule has 0 saturated carbocycles. The number of carbonyl (C=O) groups is 2. The molecule has 1 unspecified atom stereocenters. The Labute approximate surface area is 156 Å². The second-order valence-electron chi connectivity index (χ2n) is 6.01. The molecule has 2 heterocycles. The number of nitrogens with zero attached hydrogens (tertiary/aromatic N) is 3. The summed E-state index contributed by atoms with van der Waals surface area (Å²) in [6.45, 7) is 1.34. The molecule has 1 aromatic heterocycles. The molecule has 1 saturated heterocycles. The minimum atomic E-state index is -0.484. The van der Waals surface area contributed by atoms with E-state index < -0.39 is 5.97 Å². The van der Waals surface area contributed by atoms with E-state index >= 15 is 0 Å². The normalized spacial score (nSPS) is 16.8. The first-order valence-electron chi connectivity index (χ1n) is 8.29. The molecular formula is C18H19ClN4O3. The average Bonchev–Trinajstić information content (AvgIpc) is 2.69. The van der Waals surface area contributed by atoms with Gasteiger partial charge in [-0.2, -0.15) is 0 Å². The molecular weight excluding hydrogens is 356 g/mol. The highest BCUT2D eigenvalue weighted by Gasteiger charge is 2.27. The lowest BCUT2D eigenvalue weighted by molar-refractivity contribution is -0.120. The van der Waals surface area contributed by atoms with E-state index in [-0.39, 0.29) is 11.8 Å². The molecule has 7 nitrogen and oxygen atoms in total. The van der Waals surface area contributed by atoms with Crippen LogP contribution in [0.3, 0.4) is 0 Å². The first-order chi connectivity index (χ1) is 12.6. The van der Waals surface area contributed by atoms with Crippen molar-refractivity contribution in [1.82, 2.24) is 9.97 Å². The third kappa shape index (κ3) is 4.11. The SMILES string of the molecule is COC(=O)c1ccc(Cl)c(NC(=O)C2CCCN(c3ncccn3)C2)c1. The Kier molecular flexibility index (Phi) is 5.68. The number of hydrogen-bond acceptors (Lipinski definition) is 6. The quantitative estimate of drug-likeness (QED) is 0.828. The van der Waals surface area contributed by atoms with Crippen LogP contribution in [0.5, 0.6) is 0 Å². The van der Waals surface area contributed by atoms with E-state index in [9.17, 15) is 9.59 Å². The van der Waals surface area contributed by atoms with Gasteiger partial charge in [0.1, 0.15) is 0 Å². The highest BCUT2D eigenvalue weighted by atomic mass is 35.5. The van der Waals surface area contributed by atoms with E-state index in [0.29, 0.717) is 28.8 Å². The molecule has 3 rings (SSSR count). The van der Waals surface area contributed by atoms with Gasteiger partial charge in [0.05, 0.1) is 29.3 Å². The van der Waals surface area contributed by atoms with Crippen molar-refractivity contribution in [2.24, 2.45) is 5.92 Å². The number of ether oxygens (including phenoxy) is 1. The number of nitrogens with one attached hydrogen (secondary N) is 1. The molecule has 1 N–H and O–H groups in total. The summed E-state index contributed by atoms with van der Waals surface area (Å²) in [5, 5.41) is 3.19. The fourth-order valence-corrected chi connectivity index (χ4v) is 3.09. The molecule has 0 radical (unpaired) electrons. The summed E-state index contributed by atoms with van der Waals surface area (Å²) < 4.78 is 4.70. The number of aromatic nitrogens is 2. The lowest BCUT2D eigenvalue weighted by atomic mass is 9.97. The lowest BCUT2D eigenvalue weighted by Crippen LogP contribution is -2.41. The molecule has 1 fully saturated rings. The number of anilines is 2. The van der Waals surface area contributed by atoms with Gasteiger partial charge in [-0.3, -0.25) is 4.79 Å². The molecule has 1 aliphatic heterocycles.